The van der Waals surface area contributed by atoms with Gasteiger partial charge < -0.3 is 14.1 Å². The standard InChI is InChI=1S/C20H19N3O3/c1-2-18-21-22-20(26-18)15-7-9-16(10-8-15)25-13-19(24)23-12-11-14-5-3-4-6-17(14)23/h3-10H,2,11-13H2,1H3. The lowest BCUT2D eigenvalue weighted by Crippen LogP contribution is -2.33. The Balaban J connectivity index is 1.38. The summed E-state index contributed by atoms with van der Waals surface area (Å²) in [5, 5.41) is 7.97. The lowest BCUT2D eigenvalue weighted by Gasteiger charge is -2.17. The van der Waals surface area contributed by atoms with Gasteiger partial charge in [-0.1, -0.05) is 25.1 Å². The molecule has 0 saturated carbocycles. The highest BCUT2D eigenvalue weighted by molar-refractivity contribution is 5.96. The van der Waals surface area contributed by atoms with Crippen molar-refractivity contribution in [3.05, 3.63) is 60.0 Å². The number of para-hydroxylation sites is 1. The van der Waals surface area contributed by atoms with Crippen LogP contribution in [0.3, 0.4) is 0 Å². The molecular formula is C20H19N3O3. The van der Waals surface area contributed by atoms with Crippen molar-refractivity contribution in [3.8, 4) is 17.2 Å². The van der Waals surface area contributed by atoms with Crippen LogP contribution in [0.5, 0.6) is 5.75 Å². The normalized spacial score (nSPS) is 12.9. The Morgan fingerprint density at radius 1 is 1.15 bits per heavy atom. The summed E-state index contributed by atoms with van der Waals surface area (Å²) in [6.07, 6.45) is 1.59. The number of aromatic nitrogens is 2. The average Bonchev–Trinajstić information content (AvgIpc) is 3.33. The van der Waals surface area contributed by atoms with Crippen LogP contribution in [0, 0.1) is 0 Å². The van der Waals surface area contributed by atoms with Crippen molar-refractivity contribution >= 4 is 11.6 Å². The number of amides is 1. The molecule has 2 heterocycles. The van der Waals surface area contributed by atoms with E-state index in [9.17, 15) is 4.79 Å². The van der Waals surface area contributed by atoms with E-state index in [0.717, 1.165) is 17.7 Å². The van der Waals surface area contributed by atoms with Crippen LogP contribution in [-0.2, 0) is 17.6 Å². The second kappa shape index (κ2) is 7.00. The first-order chi connectivity index (χ1) is 12.7. The zero-order chi connectivity index (χ0) is 17.9. The molecule has 0 radical (unpaired) electrons. The SMILES string of the molecule is CCc1nnc(-c2ccc(OCC(=O)N3CCc4ccccc43)cc2)o1. The molecule has 0 bridgehead atoms. The number of aryl methyl sites for hydroxylation is 1. The maximum absolute atomic E-state index is 12.5. The number of rotatable bonds is 5. The smallest absolute Gasteiger partial charge is 0.264 e. The fraction of sp³-hybridized carbons (Fsp3) is 0.250. The van der Waals surface area contributed by atoms with Gasteiger partial charge in [0.05, 0.1) is 0 Å². The van der Waals surface area contributed by atoms with Gasteiger partial charge in [0.1, 0.15) is 5.75 Å². The van der Waals surface area contributed by atoms with E-state index >= 15 is 0 Å². The maximum Gasteiger partial charge on any atom is 0.264 e. The van der Waals surface area contributed by atoms with Crippen LogP contribution < -0.4 is 9.64 Å². The summed E-state index contributed by atoms with van der Waals surface area (Å²) in [7, 11) is 0. The first-order valence-electron chi connectivity index (χ1n) is 8.68. The van der Waals surface area contributed by atoms with Gasteiger partial charge in [0.15, 0.2) is 6.61 Å². The number of ether oxygens (including phenoxy) is 1. The van der Waals surface area contributed by atoms with Crippen LogP contribution in [0.4, 0.5) is 5.69 Å². The number of hydrogen-bond donors (Lipinski definition) is 0. The van der Waals surface area contributed by atoms with Gasteiger partial charge in [0, 0.05) is 24.2 Å². The van der Waals surface area contributed by atoms with Gasteiger partial charge in [-0.05, 0) is 42.3 Å². The quantitative estimate of drug-likeness (QED) is 0.707. The Morgan fingerprint density at radius 2 is 1.96 bits per heavy atom. The van der Waals surface area contributed by atoms with Crippen LogP contribution >= 0.6 is 0 Å². The van der Waals surface area contributed by atoms with Gasteiger partial charge in [0.25, 0.3) is 5.91 Å². The minimum absolute atomic E-state index is 0.00816. The third kappa shape index (κ3) is 3.18. The Labute approximate surface area is 151 Å². The Kier molecular flexibility index (Phi) is 4.39. The van der Waals surface area contributed by atoms with Crippen molar-refractivity contribution in [2.45, 2.75) is 19.8 Å². The zero-order valence-electron chi connectivity index (χ0n) is 14.5. The molecule has 0 fully saturated rings. The van der Waals surface area contributed by atoms with Crippen LogP contribution in [-0.4, -0.2) is 29.3 Å². The molecule has 132 valence electrons. The van der Waals surface area contributed by atoms with Crippen molar-refractivity contribution in [1.82, 2.24) is 10.2 Å². The van der Waals surface area contributed by atoms with Gasteiger partial charge in [-0.25, -0.2) is 0 Å². The van der Waals surface area contributed by atoms with Crippen molar-refractivity contribution in [2.75, 3.05) is 18.1 Å². The van der Waals surface area contributed by atoms with Gasteiger partial charge in [-0.2, -0.15) is 0 Å². The number of carbonyl (C=O) groups is 1. The lowest BCUT2D eigenvalue weighted by molar-refractivity contribution is -0.120. The highest BCUT2D eigenvalue weighted by Gasteiger charge is 2.24. The molecule has 26 heavy (non-hydrogen) atoms. The van der Waals surface area contributed by atoms with E-state index in [1.54, 1.807) is 17.0 Å². The Bertz CT molecular complexity index is 918. The van der Waals surface area contributed by atoms with E-state index in [4.69, 9.17) is 9.15 Å². The molecule has 0 unspecified atom stereocenters. The molecule has 0 atom stereocenters. The molecule has 4 rings (SSSR count). The molecule has 1 amide bonds. The number of carbonyl (C=O) groups excluding carboxylic acids is 1. The van der Waals surface area contributed by atoms with Crippen molar-refractivity contribution in [3.63, 3.8) is 0 Å². The molecule has 6 nitrogen and oxygen atoms in total. The molecule has 1 aromatic heterocycles. The highest BCUT2D eigenvalue weighted by Crippen LogP contribution is 2.27. The molecule has 3 aromatic rings. The first-order valence-corrected chi connectivity index (χ1v) is 8.68. The summed E-state index contributed by atoms with van der Waals surface area (Å²) in [6.45, 7) is 2.68. The summed E-state index contributed by atoms with van der Waals surface area (Å²) in [6, 6.07) is 15.3. The predicted octanol–water partition coefficient (Wildman–Crippen LogP) is 3.27. The highest BCUT2D eigenvalue weighted by atomic mass is 16.5. The summed E-state index contributed by atoms with van der Waals surface area (Å²) in [5.41, 5.74) is 3.01. The number of fused-ring (bicyclic) bond motifs is 1. The number of nitrogens with zero attached hydrogens (tertiary/aromatic N) is 3. The van der Waals surface area contributed by atoms with Crippen LogP contribution in [0.15, 0.2) is 52.9 Å². The topological polar surface area (TPSA) is 68.5 Å². The van der Waals surface area contributed by atoms with Gasteiger partial charge in [-0.15, -0.1) is 10.2 Å². The maximum atomic E-state index is 12.5. The minimum atomic E-state index is -0.0384. The van der Waals surface area contributed by atoms with Crippen LogP contribution in [0.2, 0.25) is 0 Å². The summed E-state index contributed by atoms with van der Waals surface area (Å²) in [4.78, 5) is 14.3. The predicted molar refractivity (Wildman–Crippen MR) is 97.1 cm³/mol. The third-order valence-corrected chi connectivity index (χ3v) is 4.42. The molecular weight excluding hydrogens is 330 g/mol. The number of hydrogen-bond acceptors (Lipinski definition) is 5. The molecule has 6 heteroatoms. The first kappa shape index (κ1) is 16.3. The van der Waals surface area contributed by atoms with E-state index in [-0.39, 0.29) is 12.5 Å². The molecule has 2 aromatic carbocycles. The van der Waals surface area contributed by atoms with E-state index in [2.05, 4.69) is 16.3 Å². The average molecular weight is 349 g/mol. The van der Waals surface area contributed by atoms with Crippen LogP contribution in [0.1, 0.15) is 18.4 Å². The number of anilines is 1. The van der Waals surface area contributed by atoms with Gasteiger partial charge in [-0.3, -0.25) is 4.79 Å². The zero-order valence-corrected chi connectivity index (χ0v) is 14.5. The van der Waals surface area contributed by atoms with Gasteiger partial charge >= 0.3 is 0 Å². The second-order valence-electron chi connectivity index (χ2n) is 6.09. The van der Waals surface area contributed by atoms with E-state index in [1.165, 1.54) is 5.56 Å². The monoisotopic (exact) mass is 349 g/mol. The van der Waals surface area contributed by atoms with Crippen molar-refractivity contribution in [2.24, 2.45) is 0 Å². The van der Waals surface area contributed by atoms with E-state index in [1.807, 2.05) is 37.3 Å². The number of benzene rings is 2. The molecule has 0 aliphatic carbocycles. The van der Waals surface area contributed by atoms with Crippen LogP contribution in [0.25, 0.3) is 11.5 Å². The fourth-order valence-corrected chi connectivity index (χ4v) is 3.03. The third-order valence-electron chi connectivity index (χ3n) is 4.42. The molecule has 0 saturated heterocycles. The minimum Gasteiger partial charge on any atom is -0.484 e. The Hall–Kier alpha value is -3.15. The fourth-order valence-electron chi connectivity index (χ4n) is 3.03. The second-order valence-corrected chi connectivity index (χ2v) is 6.09. The summed E-state index contributed by atoms with van der Waals surface area (Å²) < 4.78 is 11.2. The van der Waals surface area contributed by atoms with Gasteiger partial charge in [0.2, 0.25) is 11.8 Å². The lowest BCUT2D eigenvalue weighted by atomic mass is 10.2. The molecule has 1 aliphatic heterocycles. The van der Waals surface area contributed by atoms with Crippen molar-refractivity contribution < 1.29 is 13.9 Å². The molecule has 0 spiro atoms. The Morgan fingerprint density at radius 3 is 2.73 bits per heavy atom. The van der Waals surface area contributed by atoms with Crippen molar-refractivity contribution in [1.29, 1.82) is 0 Å². The van der Waals surface area contributed by atoms with E-state index in [0.29, 0.717) is 30.5 Å². The molecule has 0 N–H and O–H groups in total. The molecule has 1 aliphatic rings. The largest absolute Gasteiger partial charge is 0.484 e. The summed E-state index contributed by atoms with van der Waals surface area (Å²) in [5.74, 6) is 1.68. The summed E-state index contributed by atoms with van der Waals surface area (Å²) >= 11 is 0. The van der Waals surface area contributed by atoms with E-state index < -0.39 is 0 Å².